The number of ether oxygens (including phenoxy) is 1. The molecule has 0 aliphatic rings. The summed E-state index contributed by atoms with van der Waals surface area (Å²) < 4.78 is 49.0. The largest absolute Gasteiger partial charge is 0.508 e. The Labute approximate surface area is 59.9 Å². The van der Waals surface area contributed by atoms with Crippen LogP contribution >= 0.6 is 0 Å². The summed E-state index contributed by atoms with van der Waals surface area (Å²) in [6, 6.07) is 0. The number of nitrogens with zero attached hydrogens (tertiary/aromatic N) is 1. The molecule has 0 aliphatic carbocycles. The van der Waals surface area contributed by atoms with Gasteiger partial charge in [0.05, 0.1) is 0 Å². The normalized spacial score (nSPS) is 12.5. The monoisotopic (exact) mass is 169 g/mol. The van der Waals surface area contributed by atoms with Crippen molar-refractivity contribution in [2.45, 2.75) is 6.30 Å². The molecule has 0 aromatic carbocycles. The Morgan fingerprint density at radius 2 is 2.09 bits per heavy atom. The van der Waals surface area contributed by atoms with Gasteiger partial charge in [0.25, 0.3) is 0 Å². The molecule has 0 spiro atoms. The predicted molar refractivity (Wildman–Crippen MR) is 29.4 cm³/mol. The summed E-state index contributed by atoms with van der Waals surface area (Å²) in [6.07, 6.45) is -2.37. The van der Waals surface area contributed by atoms with Gasteiger partial charge in [0.15, 0.2) is 6.61 Å². The summed E-state index contributed by atoms with van der Waals surface area (Å²) in [6.45, 7) is -0.578. The van der Waals surface area contributed by atoms with Crippen molar-refractivity contribution in [1.82, 2.24) is 0 Å². The quantitative estimate of drug-likeness (QED) is 0.191. The van der Waals surface area contributed by atoms with Crippen molar-refractivity contribution in [1.29, 1.82) is 0 Å². The highest BCUT2D eigenvalue weighted by Crippen LogP contribution is 2.16. The van der Waals surface area contributed by atoms with E-state index in [0.29, 0.717) is 0 Å². The van der Waals surface area contributed by atoms with E-state index in [1.54, 1.807) is 10.9 Å². The van der Waals surface area contributed by atoms with E-state index in [9.17, 15) is 17.6 Å². The van der Waals surface area contributed by atoms with E-state index >= 15 is 0 Å². The number of halogens is 4. The Morgan fingerprint density at radius 3 is 2.45 bits per heavy atom. The molecular formula is C5H3F4NO. The van der Waals surface area contributed by atoms with Crippen molar-refractivity contribution in [2.24, 2.45) is 4.99 Å². The van der Waals surface area contributed by atoms with E-state index in [-0.39, 0.29) is 0 Å². The molecule has 0 unspecified atom stereocenters. The van der Waals surface area contributed by atoms with Gasteiger partial charge in [-0.3, -0.25) is 0 Å². The van der Waals surface area contributed by atoms with Crippen LogP contribution < -0.4 is 0 Å². The molecule has 6 heteroatoms. The molecule has 0 radical (unpaired) electrons. The summed E-state index contributed by atoms with van der Waals surface area (Å²) in [4.78, 5) is 1.58. The van der Waals surface area contributed by atoms with Crippen LogP contribution in [0.25, 0.3) is 0 Å². The molecule has 2 nitrogen and oxygen atoms in total. The molecule has 0 atom stereocenters. The van der Waals surface area contributed by atoms with Crippen LogP contribution in [-0.4, -0.2) is 19.1 Å². The van der Waals surface area contributed by atoms with Crippen LogP contribution in [0.3, 0.4) is 0 Å². The number of hydrogen-bond donors (Lipinski definition) is 0. The van der Waals surface area contributed by atoms with E-state index in [1.165, 1.54) is 0 Å². The van der Waals surface area contributed by atoms with Crippen molar-refractivity contribution in [3.8, 4) is 12.3 Å². The van der Waals surface area contributed by atoms with Gasteiger partial charge in [-0.25, -0.2) is 0 Å². The molecule has 0 N–H and O–H groups in total. The lowest BCUT2D eigenvalue weighted by atomic mass is 10.8. The van der Waals surface area contributed by atoms with Crippen LogP contribution in [0.4, 0.5) is 17.6 Å². The fraction of sp³-hybridized carbons (Fsp3) is 0.400. The maximum absolute atomic E-state index is 11.8. The molecule has 0 fully saturated rings. The minimum absolute atomic E-state index is 0.578. The molecule has 11 heavy (non-hydrogen) atoms. The molecule has 0 aromatic heterocycles. The molecular weight excluding hydrogens is 166 g/mol. The maximum atomic E-state index is 11.8. The Hall–Kier alpha value is -1.25. The Morgan fingerprint density at radius 1 is 1.55 bits per heavy atom. The maximum Gasteiger partial charge on any atom is 0.508 e. The van der Waals surface area contributed by atoms with Gasteiger partial charge in [-0.15, -0.1) is 29.0 Å². The SMILES string of the molecule is C#CCOC(F)=NC(F)(F)F. The van der Waals surface area contributed by atoms with Crippen LogP contribution in [0, 0.1) is 12.3 Å². The fourth-order valence-corrected chi connectivity index (χ4v) is 0.233. The first-order valence-corrected chi connectivity index (χ1v) is 2.34. The molecule has 0 rings (SSSR count). The molecule has 0 saturated heterocycles. The summed E-state index contributed by atoms with van der Waals surface area (Å²) in [5.74, 6) is 1.77. The number of alkyl halides is 3. The summed E-state index contributed by atoms with van der Waals surface area (Å²) in [7, 11) is 0. The van der Waals surface area contributed by atoms with Crippen molar-refractivity contribution in [3.05, 3.63) is 0 Å². The third-order valence-corrected chi connectivity index (χ3v) is 0.489. The lowest BCUT2D eigenvalue weighted by Crippen LogP contribution is -2.08. The minimum Gasteiger partial charge on any atom is -0.443 e. The molecule has 0 amide bonds. The van der Waals surface area contributed by atoms with Crippen molar-refractivity contribution in [2.75, 3.05) is 6.61 Å². The molecule has 0 aromatic rings. The highest BCUT2D eigenvalue weighted by atomic mass is 19.4. The fourth-order valence-electron chi connectivity index (χ4n) is 0.233. The summed E-state index contributed by atoms with van der Waals surface area (Å²) >= 11 is 0. The third-order valence-electron chi connectivity index (χ3n) is 0.489. The van der Waals surface area contributed by atoms with Gasteiger partial charge in [0.2, 0.25) is 0 Å². The number of hydrogen-bond acceptors (Lipinski definition) is 2. The van der Waals surface area contributed by atoms with Crippen LogP contribution in [-0.2, 0) is 4.74 Å². The first-order valence-electron chi connectivity index (χ1n) is 2.34. The first kappa shape index (κ1) is 9.75. The van der Waals surface area contributed by atoms with Gasteiger partial charge in [-0.05, 0) is 0 Å². The standard InChI is InChI=1S/C5H3F4NO/c1-2-3-11-4(6)10-5(7,8)9/h1H,3H2. The Balaban J connectivity index is 3.93. The second kappa shape index (κ2) is 3.81. The van der Waals surface area contributed by atoms with Crippen LogP contribution in [0.15, 0.2) is 4.99 Å². The smallest absolute Gasteiger partial charge is 0.443 e. The number of terminal acetylenes is 1. The van der Waals surface area contributed by atoms with Gasteiger partial charge in [0.1, 0.15) is 0 Å². The second-order valence-corrected chi connectivity index (χ2v) is 1.33. The molecule has 0 aliphatic heterocycles. The zero-order valence-electron chi connectivity index (χ0n) is 5.15. The van der Waals surface area contributed by atoms with Gasteiger partial charge in [0, 0.05) is 0 Å². The average Bonchev–Trinajstić information content (AvgIpc) is 1.79. The number of rotatable bonds is 1. The number of aliphatic imine (C=N–C) groups is 1. The lowest BCUT2D eigenvalue weighted by molar-refractivity contribution is -0.121. The first-order chi connectivity index (χ1) is 4.95. The zero-order valence-corrected chi connectivity index (χ0v) is 5.15. The van der Waals surface area contributed by atoms with Gasteiger partial charge in [-0.2, -0.15) is 0 Å². The summed E-state index contributed by atoms with van der Waals surface area (Å²) in [5, 5.41) is 0. The van der Waals surface area contributed by atoms with E-state index < -0.39 is 19.1 Å². The molecule has 0 bridgehead atoms. The van der Waals surface area contributed by atoms with Crippen LogP contribution in [0.1, 0.15) is 0 Å². The minimum atomic E-state index is -4.96. The van der Waals surface area contributed by atoms with Gasteiger partial charge in [-0.1, -0.05) is 5.92 Å². The van der Waals surface area contributed by atoms with Gasteiger partial charge >= 0.3 is 12.5 Å². The highest BCUT2D eigenvalue weighted by molar-refractivity contribution is 5.65. The Bertz CT molecular complexity index is 190. The Kier molecular flexibility index (Phi) is 3.37. The van der Waals surface area contributed by atoms with E-state index in [0.717, 1.165) is 0 Å². The van der Waals surface area contributed by atoms with Crippen molar-refractivity contribution < 1.29 is 22.3 Å². The molecule has 0 heterocycles. The van der Waals surface area contributed by atoms with Crippen molar-refractivity contribution in [3.63, 3.8) is 0 Å². The average molecular weight is 169 g/mol. The van der Waals surface area contributed by atoms with Crippen LogP contribution in [0.2, 0.25) is 0 Å². The van der Waals surface area contributed by atoms with Gasteiger partial charge < -0.3 is 4.74 Å². The van der Waals surface area contributed by atoms with E-state index in [4.69, 9.17) is 0 Å². The second-order valence-electron chi connectivity index (χ2n) is 1.33. The molecule has 62 valence electrons. The molecule has 0 saturated carbocycles. The van der Waals surface area contributed by atoms with Crippen LogP contribution in [0.5, 0.6) is 0 Å². The predicted octanol–water partition coefficient (Wildman–Crippen LogP) is 1.48. The zero-order chi connectivity index (χ0) is 8.91. The van der Waals surface area contributed by atoms with E-state index in [1.807, 2.05) is 0 Å². The summed E-state index contributed by atoms with van der Waals surface area (Å²) in [5.41, 5.74) is 0. The lowest BCUT2D eigenvalue weighted by Gasteiger charge is -1.98. The van der Waals surface area contributed by atoms with E-state index in [2.05, 4.69) is 11.2 Å². The highest BCUT2D eigenvalue weighted by Gasteiger charge is 2.28. The van der Waals surface area contributed by atoms with Crippen molar-refractivity contribution >= 4 is 6.15 Å². The third kappa shape index (κ3) is 6.64. The topological polar surface area (TPSA) is 21.6 Å².